The summed E-state index contributed by atoms with van der Waals surface area (Å²) in [7, 11) is 0. The standard InChI is InChI=1S/C5H6N2O4/c6-3(8)1-2-4(9)11-5(10)7-2/h2H,1H2,(H2,6,8)(H,7,10)/t2-/m0/s1. The first kappa shape index (κ1) is 7.52. The van der Waals surface area contributed by atoms with Gasteiger partial charge in [0.05, 0.1) is 6.42 Å². The normalized spacial score (nSPS) is 22.7. The van der Waals surface area contributed by atoms with Crippen LogP contribution in [0, 0.1) is 0 Å². The molecule has 1 saturated heterocycles. The summed E-state index contributed by atoms with van der Waals surface area (Å²) in [6, 6.07) is -0.903. The Kier molecular flexibility index (Phi) is 1.75. The molecular formula is C5H6N2O4. The van der Waals surface area contributed by atoms with Gasteiger partial charge in [0, 0.05) is 0 Å². The number of rotatable bonds is 2. The first-order valence-electron chi connectivity index (χ1n) is 2.90. The molecule has 3 N–H and O–H groups in total. The molecule has 0 spiro atoms. The monoisotopic (exact) mass is 158 g/mol. The molecule has 2 amide bonds. The number of amides is 2. The van der Waals surface area contributed by atoms with Crippen molar-refractivity contribution in [3.8, 4) is 0 Å². The molecule has 0 aliphatic carbocycles. The van der Waals surface area contributed by atoms with Crippen molar-refractivity contribution in [2.24, 2.45) is 5.73 Å². The van der Waals surface area contributed by atoms with Gasteiger partial charge in [-0.05, 0) is 0 Å². The smallest absolute Gasteiger partial charge is 0.375 e. The third kappa shape index (κ3) is 1.66. The van der Waals surface area contributed by atoms with Crippen LogP contribution in [0.25, 0.3) is 0 Å². The summed E-state index contributed by atoms with van der Waals surface area (Å²) in [5.74, 6) is -1.41. The maximum Gasteiger partial charge on any atom is 0.415 e. The average molecular weight is 158 g/mol. The van der Waals surface area contributed by atoms with E-state index in [9.17, 15) is 14.4 Å². The van der Waals surface area contributed by atoms with Gasteiger partial charge < -0.3 is 15.8 Å². The highest BCUT2D eigenvalue weighted by molar-refractivity contribution is 5.97. The topological polar surface area (TPSA) is 98.5 Å². The highest BCUT2D eigenvalue weighted by Gasteiger charge is 2.33. The fraction of sp³-hybridized carbons (Fsp3) is 0.400. The molecule has 0 saturated carbocycles. The van der Waals surface area contributed by atoms with Gasteiger partial charge in [-0.25, -0.2) is 9.59 Å². The van der Waals surface area contributed by atoms with Crippen LogP contribution in [0.1, 0.15) is 6.42 Å². The lowest BCUT2D eigenvalue weighted by Gasteiger charge is -1.99. The molecule has 60 valence electrons. The Bertz CT molecular complexity index is 225. The number of carbonyl (C=O) groups is 3. The first-order valence-corrected chi connectivity index (χ1v) is 2.90. The largest absolute Gasteiger partial charge is 0.415 e. The lowest BCUT2D eigenvalue weighted by Crippen LogP contribution is -2.33. The third-order valence-electron chi connectivity index (χ3n) is 1.18. The molecule has 1 atom stereocenters. The van der Waals surface area contributed by atoms with Gasteiger partial charge in [0.15, 0.2) is 0 Å². The predicted octanol–water partition coefficient (Wildman–Crippen LogP) is -1.50. The number of primary amides is 1. The number of esters is 1. The molecule has 0 aromatic rings. The van der Waals surface area contributed by atoms with Crippen LogP contribution >= 0.6 is 0 Å². The van der Waals surface area contributed by atoms with Gasteiger partial charge in [0.25, 0.3) is 0 Å². The maximum atomic E-state index is 10.6. The van der Waals surface area contributed by atoms with E-state index >= 15 is 0 Å². The third-order valence-corrected chi connectivity index (χ3v) is 1.18. The van der Waals surface area contributed by atoms with Gasteiger partial charge in [-0.3, -0.25) is 4.79 Å². The minimum Gasteiger partial charge on any atom is -0.375 e. The summed E-state index contributed by atoms with van der Waals surface area (Å²) >= 11 is 0. The summed E-state index contributed by atoms with van der Waals surface area (Å²) in [5.41, 5.74) is 4.78. The zero-order valence-corrected chi connectivity index (χ0v) is 5.49. The SMILES string of the molecule is NC(=O)C[C@@H]1NC(=O)OC1=O. The summed E-state index contributed by atoms with van der Waals surface area (Å²) in [5, 5.41) is 2.12. The molecule has 11 heavy (non-hydrogen) atoms. The van der Waals surface area contributed by atoms with Crippen molar-refractivity contribution in [1.29, 1.82) is 0 Å². The molecule has 1 heterocycles. The van der Waals surface area contributed by atoms with Gasteiger partial charge in [-0.1, -0.05) is 0 Å². The molecule has 1 aliphatic heterocycles. The molecule has 0 radical (unpaired) electrons. The molecule has 6 nitrogen and oxygen atoms in total. The zero-order chi connectivity index (χ0) is 8.43. The van der Waals surface area contributed by atoms with Crippen molar-refractivity contribution in [3.63, 3.8) is 0 Å². The van der Waals surface area contributed by atoms with E-state index < -0.39 is 24.0 Å². The van der Waals surface area contributed by atoms with Crippen molar-refractivity contribution >= 4 is 18.0 Å². The minimum absolute atomic E-state index is 0.218. The molecule has 0 bridgehead atoms. The molecule has 1 aliphatic rings. The van der Waals surface area contributed by atoms with E-state index in [1.54, 1.807) is 0 Å². The number of nitrogens with two attached hydrogens (primary N) is 1. The highest BCUT2D eigenvalue weighted by Crippen LogP contribution is 2.02. The summed E-state index contributed by atoms with van der Waals surface area (Å²) in [4.78, 5) is 31.2. The van der Waals surface area contributed by atoms with E-state index in [0.29, 0.717) is 0 Å². The van der Waals surface area contributed by atoms with Gasteiger partial charge in [-0.2, -0.15) is 0 Å². The van der Waals surface area contributed by atoms with Crippen molar-refractivity contribution < 1.29 is 19.1 Å². The van der Waals surface area contributed by atoms with Crippen LogP contribution in [0.15, 0.2) is 0 Å². The Labute approximate surface area is 61.7 Å². The number of ether oxygens (including phenoxy) is 1. The van der Waals surface area contributed by atoms with Crippen LogP contribution in [0.3, 0.4) is 0 Å². The second-order valence-corrected chi connectivity index (χ2v) is 2.08. The van der Waals surface area contributed by atoms with Crippen molar-refractivity contribution in [2.75, 3.05) is 0 Å². The molecule has 0 unspecified atom stereocenters. The Morgan fingerprint density at radius 2 is 2.27 bits per heavy atom. The van der Waals surface area contributed by atoms with Crippen molar-refractivity contribution in [3.05, 3.63) is 0 Å². The van der Waals surface area contributed by atoms with Crippen molar-refractivity contribution in [1.82, 2.24) is 5.32 Å². The van der Waals surface area contributed by atoms with Crippen molar-refractivity contribution in [2.45, 2.75) is 12.5 Å². The van der Waals surface area contributed by atoms with E-state index in [1.807, 2.05) is 0 Å². The lowest BCUT2D eigenvalue weighted by molar-refractivity contribution is -0.137. The maximum absolute atomic E-state index is 10.6. The number of hydrogen-bond donors (Lipinski definition) is 2. The number of nitrogens with one attached hydrogen (secondary N) is 1. The molecule has 1 fully saturated rings. The van der Waals surface area contributed by atoms with E-state index in [4.69, 9.17) is 5.73 Å². The van der Waals surface area contributed by atoms with Gasteiger partial charge in [0.2, 0.25) is 5.91 Å². The fourth-order valence-corrected chi connectivity index (χ4v) is 0.729. The van der Waals surface area contributed by atoms with E-state index in [0.717, 1.165) is 0 Å². The minimum atomic E-state index is -0.903. The number of alkyl carbamates (subject to hydrolysis) is 1. The molecule has 6 heteroatoms. The van der Waals surface area contributed by atoms with Crippen LogP contribution in [-0.4, -0.2) is 24.0 Å². The summed E-state index contributed by atoms with van der Waals surface area (Å²) in [6.07, 6.45) is -1.05. The zero-order valence-electron chi connectivity index (χ0n) is 5.49. The van der Waals surface area contributed by atoms with E-state index in [1.165, 1.54) is 0 Å². The second-order valence-electron chi connectivity index (χ2n) is 2.08. The quantitative estimate of drug-likeness (QED) is 0.377. The summed E-state index contributed by atoms with van der Waals surface area (Å²) < 4.78 is 4.08. The Balaban J connectivity index is 2.53. The highest BCUT2D eigenvalue weighted by atomic mass is 16.6. The Morgan fingerprint density at radius 1 is 1.64 bits per heavy atom. The van der Waals surface area contributed by atoms with Crippen LogP contribution in [0.2, 0.25) is 0 Å². The fourth-order valence-electron chi connectivity index (χ4n) is 0.729. The number of cyclic esters (lactones) is 2. The number of carbonyl (C=O) groups excluding carboxylic acids is 3. The second kappa shape index (κ2) is 2.57. The molecule has 1 rings (SSSR count). The number of hydrogen-bond acceptors (Lipinski definition) is 4. The van der Waals surface area contributed by atoms with Gasteiger partial charge in [0.1, 0.15) is 6.04 Å². The first-order chi connectivity index (χ1) is 5.09. The van der Waals surface area contributed by atoms with Gasteiger partial charge in [-0.15, -0.1) is 0 Å². The molecule has 0 aromatic carbocycles. The van der Waals surface area contributed by atoms with Crippen LogP contribution in [0.5, 0.6) is 0 Å². The van der Waals surface area contributed by atoms with Crippen LogP contribution in [0.4, 0.5) is 4.79 Å². The Hall–Kier alpha value is -1.59. The summed E-state index contributed by atoms with van der Waals surface area (Å²) in [6.45, 7) is 0. The predicted molar refractivity (Wildman–Crippen MR) is 32.2 cm³/mol. The van der Waals surface area contributed by atoms with Crippen LogP contribution < -0.4 is 11.1 Å². The molecule has 0 aromatic heterocycles. The van der Waals surface area contributed by atoms with Gasteiger partial charge >= 0.3 is 12.1 Å². The van der Waals surface area contributed by atoms with E-state index in [-0.39, 0.29) is 6.42 Å². The molecular weight excluding hydrogens is 152 g/mol. The lowest BCUT2D eigenvalue weighted by atomic mass is 10.2. The van der Waals surface area contributed by atoms with E-state index in [2.05, 4.69) is 10.1 Å². The average Bonchev–Trinajstić information content (AvgIpc) is 2.09. The van der Waals surface area contributed by atoms with Crippen LogP contribution in [-0.2, 0) is 14.3 Å². The Morgan fingerprint density at radius 3 is 2.64 bits per heavy atom.